The number of fused-ring (bicyclic) bond motifs is 1. The minimum absolute atomic E-state index is 0.0155. The number of carbonyl (C=O) groups is 1. The Morgan fingerprint density at radius 3 is 2.54 bits per heavy atom. The highest BCUT2D eigenvalue weighted by Crippen LogP contribution is 2.44. The van der Waals surface area contributed by atoms with E-state index in [1.165, 1.54) is 25.7 Å². The van der Waals surface area contributed by atoms with Gasteiger partial charge in [0.05, 0.1) is 23.1 Å². The van der Waals surface area contributed by atoms with Crippen molar-refractivity contribution >= 4 is 16.9 Å². The number of rotatable bonds is 7. The number of nitrogens with zero attached hydrogens (tertiary/aromatic N) is 2. The highest BCUT2D eigenvalue weighted by atomic mass is 16.2. The second kappa shape index (κ2) is 5.31. The monoisotopic (exact) mass is 324 g/mol. The first-order valence-electron chi connectivity index (χ1n) is 9.23. The molecule has 0 spiro atoms. The summed E-state index contributed by atoms with van der Waals surface area (Å²) in [5, 5.41) is 3.37. The third-order valence-electron chi connectivity index (χ3n) is 5.72. The molecule has 1 heterocycles. The number of hydrogen-bond donors (Lipinski definition) is 2. The predicted octanol–water partition coefficient (Wildman–Crippen LogP) is 2.90. The van der Waals surface area contributed by atoms with E-state index in [1.54, 1.807) is 6.33 Å². The molecular weight excluding hydrogens is 300 g/mol. The molecule has 0 bridgehead atoms. The smallest absolute Gasteiger partial charge is 0.254 e. The van der Waals surface area contributed by atoms with Gasteiger partial charge in [-0.15, -0.1) is 0 Å². The van der Waals surface area contributed by atoms with Gasteiger partial charge in [0, 0.05) is 13.1 Å². The lowest BCUT2D eigenvalue weighted by Gasteiger charge is -2.33. The molecule has 0 atom stereocenters. The summed E-state index contributed by atoms with van der Waals surface area (Å²) in [5.41, 5.74) is 2.26. The molecule has 3 saturated carbocycles. The third kappa shape index (κ3) is 2.71. The average Bonchev–Trinajstić information content (AvgIpc) is 3.44. The van der Waals surface area contributed by atoms with Gasteiger partial charge in [-0.1, -0.05) is 6.07 Å². The molecular formula is C19H24N4O. The van der Waals surface area contributed by atoms with Gasteiger partial charge in [-0.2, -0.15) is 0 Å². The van der Waals surface area contributed by atoms with Crippen LogP contribution in [0.1, 0.15) is 48.9 Å². The van der Waals surface area contributed by atoms with Gasteiger partial charge in [-0.05, 0) is 62.5 Å². The first-order chi connectivity index (χ1) is 11.7. The Morgan fingerprint density at radius 2 is 1.92 bits per heavy atom. The maximum atomic E-state index is 12.9. The lowest BCUT2D eigenvalue weighted by Crippen LogP contribution is -2.52. The van der Waals surface area contributed by atoms with Gasteiger partial charge in [0.1, 0.15) is 5.52 Å². The standard InChI is InChI=1S/C19H24N4O/c24-18(15-2-1-3-16-17(15)21-12-20-16)22-19(8-9-19)23(10-13-4-5-13)11-14-6-7-14/h1-3,12-14H,4-11H2,(H,20,21)(H,22,24). The summed E-state index contributed by atoms with van der Waals surface area (Å²) in [5.74, 6) is 1.72. The molecule has 1 amide bonds. The predicted molar refractivity (Wildman–Crippen MR) is 92.5 cm³/mol. The van der Waals surface area contributed by atoms with Crippen molar-refractivity contribution < 1.29 is 4.79 Å². The van der Waals surface area contributed by atoms with E-state index >= 15 is 0 Å². The summed E-state index contributed by atoms with van der Waals surface area (Å²) in [4.78, 5) is 22.9. The molecule has 24 heavy (non-hydrogen) atoms. The summed E-state index contributed by atoms with van der Waals surface area (Å²) in [7, 11) is 0. The van der Waals surface area contributed by atoms with Crippen LogP contribution in [0.3, 0.4) is 0 Å². The van der Waals surface area contributed by atoms with Gasteiger partial charge in [0.25, 0.3) is 5.91 Å². The van der Waals surface area contributed by atoms with E-state index in [0.717, 1.165) is 48.8 Å². The molecule has 1 aromatic heterocycles. The van der Waals surface area contributed by atoms with Crippen LogP contribution >= 0.6 is 0 Å². The van der Waals surface area contributed by atoms with E-state index in [-0.39, 0.29) is 11.6 Å². The zero-order chi connectivity index (χ0) is 16.1. The van der Waals surface area contributed by atoms with Gasteiger partial charge in [-0.25, -0.2) is 4.98 Å². The molecule has 3 aliphatic rings. The average molecular weight is 324 g/mol. The second-order valence-corrected chi connectivity index (χ2v) is 7.88. The molecule has 5 nitrogen and oxygen atoms in total. The van der Waals surface area contributed by atoms with E-state index in [1.807, 2.05) is 18.2 Å². The molecule has 2 aromatic rings. The molecule has 5 rings (SSSR count). The molecule has 0 saturated heterocycles. The molecule has 3 aliphatic carbocycles. The van der Waals surface area contributed by atoms with Crippen LogP contribution in [0.5, 0.6) is 0 Å². The van der Waals surface area contributed by atoms with Crippen molar-refractivity contribution in [1.82, 2.24) is 20.2 Å². The van der Waals surface area contributed by atoms with Crippen LogP contribution in [0.25, 0.3) is 11.0 Å². The summed E-state index contributed by atoms with van der Waals surface area (Å²) in [6.45, 7) is 2.31. The van der Waals surface area contributed by atoms with E-state index in [0.29, 0.717) is 5.56 Å². The van der Waals surface area contributed by atoms with Crippen LogP contribution in [-0.2, 0) is 0 Å². The highest BCUT2D eigenvalue weighted by Gasteiger charge is 2.51. The van der Waals surface area contributed by atoms with Crippen LogP contribution in [0.4, 0.5) is 0 Å². The van der Waals surface area contributed by atoms with Crippen molar-refractivity contribution in [3.8, 4) is 0 Å². The molecule has 0 unspecified atom stereocenters. The fourth-order valence-corrected chi connectivity index (χ4v) is 3.71. The molecule has 1 aromatic carbocycles. The zero-order valence-corrected chi connectivity index (χ0v) is 13.9. The SMILES string of the molecule is O=C(NC1(N(CC2CC2)CC2CC2)CC1)c1cccc2[nH]cnc12. The molecule has 0 aliphatic heterocycles. The van der Waals surface area contributed by atoms with E-state index in [9.17, 15) is 4.79 Å². The summed E-state index contributed by atoms with van der Waals surface area (Å²) in [6.07, 6.45) is 9.25. The number of aromatic nitrogens is 2. The van der Waals surface area contributed by atoms with E-state index in [2.05, 4.69) is 20.2 Å². The van der Waals surface area contributed by atoms with Gasteiger partial charge in [0.2, 0.25) is 0 Å². The molecule has 5 heteroatoms. The van der Waals surface area contributed by atoms with Crippen LogP contribution in [0.2, 0.25) is 0 Å². The quantitative estimate of drug-likeness (QED) is 0.770. The Balaban J connectivity index is 1.36. The maximum absolute atomic E-state index is 12.9. The van der Waals surface area contributed by atoms with E-state index < -0.39 is 0 Å². The number of imidazole rings is 1. The number of nitrogens with one attached hydrogen (secondary N) is 2. The van der Waals surface area contributed by atoms with Crippen molar-refractivity contribution in [3.05, 3.63) is 30.1 Å². The van der Waals surface area contributed by atoms with Crippen LogP contribution in [-0.4, -0.2) is 39.5 Å². The van der Waals surface area contributed by atoms with Crippen molar-refractivity contribution in [2.24, 2.45) is 11.8 Å². The number of benzene rings is 1. The zero-order valence-electron chi connectivity index (χ0n) is 13.9. The molecule has 2 N–H and O–H groups in total. The van der Waals surface area contributed by atoms with Gasteiger partial charge < -0.3 is 10.3 Å². The number of carbonyl (C=O) groups excluding carboxylic acids is 1. The lowest BCUT2D eigenvalue weighted by molar-refractivity contribution is 0.0789. The Bertz CT molecular complexity index is 757. The normalized spacial score (nSPS) is 22.0. The van der Waals surface area contributed by atoms with Crippen LogP contribution in [0.15, 0.2) is 24.5 Å². The lowest BCUT2D eigenvalue weighted by atomic mass is 10.1. The molecule has 126 valence electrons. The Morgan fingerprint density at radius 1 is 1.21 bits per heavy atom. The number of H-pyrrole nitrogens is 1. The second-order valence-electron chi connectivity index (χ2n) is 7.88. The van der Waals surface area contributed by atoms with Gasteiger partial charge >= 0.3 is 0 Å². The number of aromatic amines is 1. The Hall–Kier alpha value is -1.88. The summed E-state index contributed by atoms with van der Waals surface area (Å²) in [6, 6.07) is 5.75. The van der Waals surface area contributed by atoms with Crippen molar-refractivity contribution in [3.63, 3.8) is 0 Å². The number of para-hydroxylation sites is 1. The third-order valence-corrected chi connectivity index (χ3v) is 5.72. The minimum atomic E-state index is -0.0965. The minimum Gasteiger partial charge on any atom is -0.345 e. The van der Waals surface area contributed by atoms with Crippen LogP contribution < -0.4 is 5.32 Å². The summed E-state index contributed by atoms with van der Waals surface area (Å²) < 4.78 is 0. The van der Waals surface area contributed by atoms with Crippen molar-refractivity contribution in [2.75, 3.05) is 13.1 Å². The fraction of sp³-hybridized carbons (Fsp3) is 0.579. The summed E-state index contributed by atoms with van der Waals surface area (Å²) >= 11 is 0. The first-order valence-corrected chi connectivity index (χ1v) is 9.23. The maximum Gasteiger partial charge on any atom is 0.254 e. The number of hydrogen-bond acceptors (Lipinski definition) is 3. The van der Waals surface area contributed by atoms with Crippen LogP contribution in [0, 0.1) is 11.8 Å². The molecule has 3 fully saturated rings. The number of amides is 1. The van der Waals surface area contributed by atoms with Crippen molar-refractivity contribution in [2.45, 2.75) is 44.2 Å². The van der Waals surface area contributed by atoms with Gasteiger partial charge in [0.15, 0.2) is 0 Å². The van der Waals surface area contributed by atoms with E-state index in [4.69, 9.17) is 0 Å². The highest BCUT2D eigenvalue weighted by molar-refractivity contribution is 6.05. The largest absolute Gasteiger partial charge is 0.345 e. The first kappa shape index (κ1) is 14.5. The topological polar surface area (TPSA) is 61.0 Å². The van der Waals surface area contributed by atoms with Crippen molar-refractivity contribution in [1.29, 1.82) is 0 Å². The van der Waals surface area contributed by atoms with Gasteiger partial charge in [-0.3, -0.25) is 9.69 Å². The molecule has 0 radical (unpaired) electrons. The Kier molecular flexibility index (Phi) is 3.20. The Labute approximate surface area is 141 Å². The fourth-order valence-electron chi connectivity index (χ4n) is 3.71.